The predicted octanol–water partition coefficient (Wildman–Crippen LogP) is 4.30. The molecule has 0 atom stereocenters. The first kappa shape index (κ1) is 21.0. The number of ether oxygens (including phenoxy) is 2. The minimum Gasteiger partial charge on any atom is -0.486 e. The lowest BCUT2D eigenvalue weighted by Crippen LogP contribution is -2.27. The van der Waals surface area contributed by atoms with Crippen LogP contribution in [0.2, 0.25) is 0 Å². The highest BCUT2D eigenvalue weighted by molar-refractivity contribution is 7.09. The highest BCUT2D eigenvalue weighted by Crippen LogP contribution is 2.16. The van der Waals surface area contributed by atoms with Gasteiger partial charge in [0, 0.05) is 18.5 Å². The maximum Gasteiger partial charge on any atom is 0.226 e. The minimum absolute atomic E-state index is 0.0237. The van der Waals surface area contributed by atoms with E-state index >= 15 is 0 Å². The molecule has 2 aromatic carbocycles. The summed E-state index contributed by atoms with van der Waals surface area (Å²) >= 11 is 1.51. The van der Waals surface area contributed by atoms with E-state index in [2.05, 4.69) is 10.3 Å². The fourth-order valence-corrected chi connectivity index (χ4v) is 3.37. The molecule has 3 aromatic rings. The van der Waals surface area contributed by atoms with Crippen LogP contribution in [-0.4, -0.2) is 24.0 Å². The smallest absolute Gasteiger partial charge is 0.226 e. The SMILES string of the molecule is Cc1ccc(OCc2nc(CC(=O)NCCCOCc3ccccc3)cs2)cc1. The number of hydrogen-bond donors (Lipinski definition) is 1. The fourth-order valence-electron chi connectivity index (χ4n) is 2.67. The van der Waals surface area contributed by atoms with Crippen LogP contribution in [0.4, 0.5) is 0 Å². The number of amides is 1. The van der Waals surface area contributed by atoms with E-state index in [1.807, 2.05) is 66.9 Å². The summed E-state index contributed by atoms with van der Waals surface area (Å²) in [5, 5.41) is 5.69. The van der Waals surface area contributed by atoms with Crippen LogP contribution in [0.15, 0.2) is 60.0 Å². The molecule has 152 valence electrons. The zero-order valence-corrected chi connectivity index (χ0v) is 17.4. The van der Waals surface area contributed by atoms with Gasteiger partial charge in [0.1, 0.15) is 17.4 Å². The number of rotatable bonds is 11. The van der Waals surface area contributed by atoms with Gasteiger partial charge in [0.15, 0.2) is 0 Å². The Labute approximate surface area is 175 Å². The van der Waals surface area contributed by atoms with Gasteiger partial charge >= 0.3 is 0 Å². The summed E-state index contributed by atoms with van der Waals surface area (Å²) in [5.41, 5.74) is 3.13. The summed E-state index contributed by atoms with van der Waals surface area (Å²) < 4.78 is 11.4. The molecule has 5 nitrogen and oxygen atoms in total. The molecule has 0 bridgehead atoms. The molecule has 0 aliphatic heterocycles. The Morgan fingerprint density at radius 3 is 2.66 bits per heavy atom. The molecule has 0 radical (unpaired) electrons. The number of carbonyl (C=O) groups is 1. The first-order valence-electron chi connectivity index (χ1n) is 9.70. The summed E-state index contributed by atoms with van der Waals surface area (Å²) in [5.74, 6) is 0.795. The largest absolute Gasteiger partial charge is 0.486 e. The summed E-state index contributed by atoms with van der Waals surface area (Å²) in [4.78, 5) is 16.6. The molecular weight excluding hydrogens is 384 g/mol. The third-order valence-electron chi connectivity index (χ3n) is 4.22. The second-order valence-corrected chi connectivity index (χ2v) is 7.70. The second kappa shape index (κ2) is 11.3. The van der Waals surface area contributed by atoms with Crippen molar-refractivity contribution in [3.63, 3.8) is 0 Å². The summed E-state index contributed by atoms with van der Waals surface area (Å²) in [6.45, 7) is 4.27. The van der Waals surface area contributed by atoms with Gasteiger partial charge in [0.05, 0.1) is 18.7 Å². The Morgan fingerprint density at radius 1 is 1.07 bits per heavy atom. The summed E-state index contributed by atoms with van der Waals surface area (Å²) in [6.07, 6.45) is 1.07. The number of aromatic nitrogens is 1. The number of thiazole rings is 1. The maximum absolute atomic E-state index is 12.1. The normalized spacial score (nSPS) is 10.7. The lowest BCUT2D eigenvalue weighted by molar-refractivity contribution is -0.120. The molecule has 0 aliphatic carbocycles. The third-order valence-corrected chi connectivity index (χ3v) is 5.09. The van der Waals surface area contributed by atoms with E-state index in [0.717, 1.165) is 28.4 Å². The van der Waals surface area contributed by atoms with Gasteiger partial charge in [0.25, 0.3) is 0 Å². The van der Waals surface area contributed by atoms with Gasteiger partial charge < -0.3 is 14.8 Å². The van der Waals surface area contributed by atoms with E-state index in [0.29, 0.717) is 26.4 Å². The van der Waals surface area contributed by atoms with Crippen LogP contribution in [0.1, 0.15) is 28.2 Å². The zero-order chi connectivity index (χ0) is 20.3. The molecule has 29 heavy (non-hydrogen) atoms. The zero-order valence-electron chi connectivity index (χ0n) is 16.6. The Morgan fingerprint density at radius 2 is 1.86 bits per heavy atom. The van der Waals surface area contributed by atoms with Gasteiger partial charge in [-0.05, 0) is 31.0 Å². The third kappa shape index (κ3) is 7.68. The average molecular weight is 411 g/mol. The summed E-state index contributed by atoms with van der Waals surface area (Å²) in [7, 11) is 0. The van der Waals surface area contributed by atoms with Crippen molar-refractivity contribution in [3.05, 3.63) is 81.8 Å². The van der Waals surface area contributed by atoms with Crippen molar-refractivity contribution in [1.82, 2.24) is 10.3 Å². The lowest BCUT2D eigenvalue weighted by Gasteiger charge is -2.06. The molecule has 1 N–H and O–H groups in total. The first-order chi connectivity index (χ1) is 14.2. The van der Waals surface area contributed by atoms with Crippen molar-refractivity contribution in [1.29, 1.82) is 0 Å². The van der Waals surface area contributed by atoms with Crippen LogP contribution >= 0.6 is 11.3 Å². The van der Waals surface area contributed by atoms with Crippen molar-refractivity contribution in [2.75, 3.05) is 13.2 Å². The van der Waals surface area contributed by atoms with Gasteiger partial charge in [-0.3, -0.25) is 4.79 Å². The van der Waals surface area contributed by atoms with Gasteiger partial charge in [-0.2, -0.15) is 0 Å². The molecule has 0 aliphatic rings. The molecule has 0 fully saturated rings. The average Bonchev–Trinajstić information content (AvgIpc) is 3.18. The van der Waals surface area contributed by atoms with Crippen LogP contribution in [0.25, 0.3) is 0 Å². The quantitative estimate of drug-likeness (QED) is 0.479. The van der Waals surface area contributed by atoms with E-state index in [9.17, 15) is 4.79 Å². The first-order valence-corrected chi connectivity index (χ1v) is 10.6. The number of nitrogens with one attached hydrogen (secondary N) is 1. The monoisotopic (exact) mass is 410 g/mol. The van der Waals surface area contributed by atoms with E-state index in [1.165, 1.54) is 16.9 Å². The van der Waals surface area contributed by atoms with E-state index in [-0.39, 0.29) is 12.3 Å². The van der Waals surface area contributed by atoms with Crippen molar-refractivity contribution < 1.29 is 14.3 Å². The summed E-state index contributed by atoms with van der Waals surface area (Å²) in [6, 6.07) is 18.0. The Hall–Kier alpha value is -2.70. The van der Waals surface area contributed by atoms with Crippen molar-refractivity contribution in [2.24, 2.45) is 0 Å². The van der Waals surface area contributed by atoms with E-state index < -0.39 is 0 Å². The number of carbonyl (C=O) groups excluding carboxylic acids is 1. The minimum atomic E-state index is -0.0237. The topological polar surface area (TPSA) is 60.5 Å². The maximum atomic E-state index is 12.1. The number of benzene rings is 2. The van der Waals surface area contributed by atoms with E-state index in [4.69, 9.17) is 9.47 Å². The van der Waals surface area contributed by atoms with Crippen LogP contribution in [-0.2, 0) is 29.2 Å². The standard InChI is InChI=1S/C23H26N2O3S/c1-18-8-10-21(11-9-18)28-16-23-25-20(17-29-23)14-22(26)24-12-5-13-27-15-19-6-3-2-4-7-19/h2-4,6-11,17H,5,12-16H2,1H3,(H,24,26). The van der Waals surface area contributed by atoms with E-state index in [1.54, 1.807) is 0 Å². The highest BCUT2D eigenvalue weighted by Gasteiger charge is 2.08. The molecular formula is C23H26N2O3S. The van der Waals surface area contributed by atoms with Gasteiger partial charge in [-0.1, -0.05) is 48.0 Å². The highest BCUT2D eigenvalue weighted by atomic mass is 32.1. The Balaban J connectivity index is 1.29. The van der Waals surface area contributed by atoms with Crippen LogP contribution in [0.5, 0.6) is 5.75 Å². The molecule has 0 unspecified atom stereocenters. The second-order valence-electron chi connectivity index (χ2n) is 6.75. The van der Waals surface area contributed by atoms with Crippen molar-refractivity contribution >= 4 is 17.2 Å². The molecule has 0 saturated carbocycles. The molecule has 0 spiro atoms. The van der Waals surface area contributed by atoms with Gasteiger partial charge in [-0.15, -0.1) is 11.3 Å². The van der Waals surface area contributed by atoms with Gasteiger partial charge in [0.2, 0.25) is 5.91 Å². The van der Waals surface area contributed by atoms with Gasteiger partial charge in [-0.25, -0.2) is 4.98 Å². The van der Waals surface area contributed by atoms with Crippen LogP contribution < -0.4 is 10.1 Å². The molecule has 0 saturated heterocycles. The predicted molar refractivity (Wildman–Crippen MR) is 115 cm³/mol. The Bertz CT molecular complexity index is 879. The molecule has 1 aromatic heterocycles. The molecule has 1 heterocycles. The fraction of sp³-hybridized carbons (Fsp3) is 0.304. The van der Waals surface area contributed by atoms with Crippen molar-refractivity contribution in [2.45, 2.75) is 33.0 Å². The Kier molecular flexibility index (Phi) is 8.22. The number of hydrogen-bond acceptors (Lipinski definition) is 5. The molecule has 3 rings (SSSR count). The van der Waals surface area contributed by atoms with Crippen molar-refractivity contribution in [3.8, 4) is 5.75 Å². The molecule has 6 heteroatoms. The molecule has 1 amide bonds. The van der Waals surface area contributed by atoms with Crippen LogP contribution in [0.3, 0.4) is 0 Å². The van der Waals surface area contributed by atoms with Crippen LogP contribution in [0, 0.1) is 6.92 Å². The lowest BCUT2D eigenvalue weighted by atomic mass is 10.2. The number of aryl methyl sites for hydroxylation is 1. The number of nitrogens with zero attached hydrogens (tertiary/aromatic N) is 1.